The fourth-order valence-electron chi connectivity index (χ4n) is 1.56. The van der Waals surface area contributed by atoms with Crippen molar-refractivity contribution in [1.29, 1.82) is 0 Å². The number of pyridine rings is 1. The summed E-state index contributed by atoms with van der Waals surface area (Å²) >= 11 is 0. The summed E-state index contributed by atoms with van der Waals surface area (Å²) in [4.78, 5) is 21.3. The van der Waals surface area contributed by atoms with Gasteiger partial charge >= 0.3 is 5.69 Å². The molecular formula is C12H9FN2O3. The minimum atomic E-state index is -0.896. The zero-order valence-corrected chi connectivity index (χ0v) is 9.46. The van der Waals surface area contributed by atoms with Gasteiger partial charge in [-0.15, -0.1) is 0 Å². The molecule has 6 heteroatoms. The quantitative estimate of drug-likeness (QED) is 0.603. The molecule has 0 aliphatic heterocycles. The number of aromatic nitrogens is 1. The van der Waals surface area contributed by atoms with Crippen LogP contribution >= 0.6 is 0 Å². The SMILES string of the molecule is Cn1ccc(-c2ccc(F)c([N+](=O)[O-])c2)cc1=O. The van der Waals surface area contributed by atoms with Crippen molar-refractivity contribution >= 4 is 5.69 Å². The molecule has 92 valence electrons. The molecule has 1 heterocycles. The summed E-state index contributed by atoms with van der Waals surface area (Å²) in [5, 5.41) is 10.6. The number of benzene rings is 1. The monoisotopic (exact) mass is 248 g/mol. The Morgan fingerprint density at radius 1 is 1.22 bits per heavy atom. The van der Waals surface area contributed by atoms with Crippen molar-refractivity contribution in [2.45, 2.75) is 0 Å². The van der Waals surface area contributed by atoms with Gasteiger partial charge in [-0.2, -0.15) is 4.39 Å². The first-order valence-electron chi connectivity index (χ1n) is 5.10. The van der Waals surface area contributed by atoms with Crippen molar-refractivity contribution < 1.29 is 9.31 Å². The van der Waals surface area contributed by atoms with E-state index in [2.05, 4.69) is 0 Å². The van der Waals surface area contributed by atoms with Crippen molar-refractivity contribution in [3.8, 4) is 11.1 Å². The van der Waals surface area contributed by atoms with Crippen LogP contribution in [0.2, 0.25) is 0 Å². The molecule has 0 N–H and O–H groups in total. The average molecular weight is 248 g/mol. The van der Waals surface area contributed by atoms with Gasteiger partial charge in [-0.1, -0.05) is 6.07 Å². The first kappa shape index (κ1) is 12.0. The lowest BCUT2D eigenvalue weighted by atomic mass is 10.1. The van der Waals surface area contributed by atoms with E-state index in [9.17, 15) is 19.3 Å². The number of nitrogens with zero attached hydrogens (tertiary/aromatic N) is 2. The van der Waals surface area contributed by atoms with E-state index < -0.39 is 16.4 Å². The van der Waals surface area contributed by atoms with Crippen molar-refractivity contribution in [1.82, 2.24) is 4.57 Å². The summed E-state index contributed by atoms with van der Waals surface area (Å²) in [5.74, 6) is -0.896. The van der Waals surface area contributed by atoms with Crippen LogP contribution in [0.4, 0.5) is 10.1 Å². The van der Waals surface area contributed by atoms with E-state index in [1.54, 1.807) is 19.3 Å². The second kappa shape index (κ2) is 4.40. The number of hydrogen-bond acceptors (Lipinski definition) is 3. The second-order valence-electron chi connectivity index (χ2n) is 3.79. The Labute approximate surface area is 101 Å². The summed E-state index contributed by atoms with van der Waals surface area (Å²) in [5.41, 5.74) is 0.106. The normalized spacial score (nSPS) is 10.3. The van der Waals surface area contributed by atoms with Gasteiger partial charge in [0.25, 0.3) is 5.56 Å². The number of hydrogen-bond donors (Lipinski definition) is 0. The number of nitro groups is 1. The van der Waals surface area contributed by atoms with E-state index in [0.29, 0.717) is 11.1 Å². The Kier molecular flexibility index (Phi) is 2.93. The van der Waals surface area contributed by atoms with E-state index in [1.807, 2.05) is 0 Å². The predicted molar refractivity (Wildman–Crippen MR) is 63.7 cm³/mol. The van der Waals surface area contributed by atoms with Crippen LogP contribution in [0.25, 0.3) is 11.1 Å². The third kappa shape index (κ3) is 2.13. The highest BCUT2D eigenvalue weighted by Crippen LogP contribution is 2.25. The fourth-order valence-corrected chi connectivity index (χ4v) is 1.56. The van der Waals surface area contributed by atoms with Gasteiger partial charge in [-0.3, -0.25) is 14.9 Å². The highest BCUT2D eigenvalue weighted by Gasteiger charge is 2.15. The second-order valence-corrected chi connectivity index (χ2v) is 3.79. The predicted octanol–water partition coefficient (Wildman–Crippen LogP) is 2.10. The number of nitro benzene ring substituents is 1. The van der Waals surface area contributed by atoms with Gasteiger partial charge in [0.2, 0.25) is 5.82 Å². The molecule has 0 bridgehead atoms. The average Bonchev–Trinajstić information content (AvgIpc) is 2.33. The van der Waals surface area contributed by atoms with Crippen LogP contribution in [0.5, 0.6) is 0 Å². The zero-order valence-electron chi connectivity index (χ0n) is 9.46. The van der Waals surface area contributed by atoms with Crippen LogP contribution in [0, 0.1) is 15.9 Å². The fraction of sp³-hybridized carbons (Fsp3) is 0.0833. The summed E-state index contributed by atoms with van der Waals surface area (Å²) in [6.45, 7) is 0. The Morgan fingerprint density at radius 3 is 2.50 bits per heavy atom. The summed E-state index contributed by atoms with van der Waals surface area (Å²) < 4.78 is 14.5. The lowest BCUT2D eigenvalue weighted by Gasteiger charge is -2.03. The van der Waals surface area contributed by atoms with Crippen LogP contribution in [0.3, 0.4) is 0 Å². The van der Waals surface area contributed by atoms with Crippen molar-refractivity contribution in [2.75, 3.05) is 0 Å². The molecule has 1 aromatic heterocycles. The highest BCUT2D eigenvalue weighted by atomic mass is 19.1. The lowest BCUT2D eigenvalue weighted by molar-refractivity contribution is -0.387. The molecular weight excluding hydrogens is 239 g/mol. The molecule has 0 radical (unpaired) electrons. The van der Waals surface area contributed by atoms with E-state index in [-0.39, 0.29) is 5.56 Å². The standard InChI is InChI=1S/C12H9FN2O3/c1-14-5-4-9(7-12(14)16)8-2-3-10(13)11(6-8)15(17)18/h2-7H,1H3. The third-order valence-corrected chi connectivity index (χ3v) is 2.58. The van der Waals surface area contributed by atoms with Crippen molar-refractivity contribution in [2.24, 2.45) is 7.05 Å². The number of rotatable bonds is 2. The maximum Gasteiger partial charge on any atom is 0.305 e. The molecule has 0 fully saturated rings. The number of halogens is 1. The lowest BCUT2D eigenvalue weighted by Crippen LogP contribution is -2.14. The summed E-state index contributed by atoms with van der Waals surface area (Å²) in [7, 11) is 1.60. The van der Waals surface area contributed by atoms with Crippen molar-refractivity contribution in [3.63, 3.8) is 0 Å². The van der Waals surface area contributed by atoms with Gasteiger partial charge in [0.05, 0.1) is 4.92 Å². The summed E-state index contributed by atoms with van der Waals surface area (Å²) in [6, 6.07) is 6.52. The van der Waals surface area contributed by atoms with Crippen LogP contribution in [-0.2, 0) is 7.05 Å². The van der Waals surface area contributed by atoms with E-state index in [1.165, 1.54) is 16.7 Å². The van der Waals surface area contributed by atoms with Gasteiger partial charge in [0.15, 0.2) is 0 Å². The topological polar surface area (TPSA) is 65.1 Å². The molecule has 0 saturated heterocycles. The van der Waals surface area contributed by atoms with Crippen LogP contribution in [0.15, 0.2) is 41.3 Å². The van der Waals surface area contributed by atoms with Gasteiger partial charge in [-0.05, 0) is 23.3 Å². The molecule has 2 rings (SSSR count). The van der Waals surface area contributed by atoms with E-state index in [0.717, 1.165) is 12.1 Å². The van der Waals surface area contributed by atoms with Gasteiger partial charge in [0, 0.05) is 25.4 Å². The maximum atomic E-state index is 13.2. The maximum absolute atomic E-state index is 13.2. The van der Waals surface area contributed by atoms with Crippen LogP contribution in [-0.4, -0.2) is 9.49 Å². The largest absolute Gasteiger partial charge is 0.319 e. The Hall–Kier alpha value is -2.50. The van der Waals surface area contributed by atoms with E-state index >= 15 is 0 Å². The molecule has 5 nitrogen and oxygen atoms in total. The smallest absolute Gasteiger partial charge is 0.305 e. The highest BCUT2D eigenvalue weighted by molar-refractivity contribution is 5.65. The molecule has 1 aromatic carbocycles. The minimum Gasteiger partial charge on any atom is -0.319 e. The Balaban J connectivity index is 2.57. The summed E-state index contributed by atoms with van der Waals surface area (Å²) in [6.07, 6.45) is 1.55. The molecule has 0 unspecified atom stereocenters. The molecule has 18 heavy (non-hydrogen) atoms. The number of aryl methyl sites for hydroxylation is 1. The van der Waals surface area contributed by atoms with Gasteiger partial charge in [0.1, 0.15) is 0 Å². The molecule has 0 saturated carbocycles. The molecule has 2 aromatic rings. The Morgan fingerprint density at radius 2 is 1.89 bits per heavy atom. The van der Waals surface area contributed by atoms with Gasteiger partial charge in [-0.25, -0.2) is 0 Å². The van der Waals surface area contributed by atoms with Crippen molar-refractivity contribution in [3.05, 3.63) is 62.8 Å². The molecule has 0 aliphatic rings. The molecule has 0 spiro atoms. The first-order valence-corrected chi connectivity index (χ1v) is 5.10. The van der Waals surface area contributed by atoms with E-state index in [4.69, 9.17) is 0 Å². The minimum absolute atomic E-state index is 0.237. The van der Waals surface area contributed by atoms with Crippen LogP contribution in [0.1, 0.15) is 0 Å². The molecule has 0 atom stereocenters. The first-order chi connectivity index (χ1) is 8.49. The molecule has 0 amide bonds. The van der Waals surface area contributed by atoms with Crippen LogP contribution < -0.4 is 5.56 Å². The third-order valence-electron chi connectivity index (χ3n) is 2.58. The van der Waals surface area contributed by atoms with Gasteiger partial charge < -0.3 is 4.57 Å². The molecule has 0 aliphatic carbocycles. The zero-order chi connectivity index (χ0) is 13.3. The Bertz CT molecular complexity index is 679.